The van der Waals surface area contributed by atoms with Crippen molar-refractivity contribution >= 4 is 17.0 Å². The van der Waals surface area contributed by atoms with E-state index < -0.39 is 0 Å². The first-order valence-corrected chi connectivity index (χ1v) is 10.4. The minimum absolute atomic E-state index is 0. The average molecular weight is 430 g/mol. The highest BCUT2D eigenvalue weighted by molar-refractivity contribution is 6.02. The summed E-state index contributed by atoms with van der Waals surface area (Å²) < 4.78 is 2.12. The largest absolute Gasteiger partial charge is 0.378 e. The van der Waals surface area contributed by atoms with Gasteiger partial charge in [-0.1, -0.05) is 62.1 Å². The highest BCUT2D eigenvalue weighted by atomic mass is 15.1. The number of benzene rings is 1. The molecule has 0 amide bonds. The zero-order valence-corrected chi connectivity index (χ0v) is 20.0. The van der Waals surface area contributed by atoms with Gasteiger partial charge >= 0.3 is 0 Å². The molecule has 1 aliphatic rings. The van der Waals surface area contributed by atoms with Gasteiger partial charge in [0.05, 0.1) is 0 Å². The molecule has 2 rings (SSSR count). The maximum atomic E-state index is 2.21. The molecule has 0 saturated heterocycles. The lowest BCUT2D eigenvalue weighted by molar-refractivity contribution is -0.462. The summed E-state index contributed by atoms with van der Waals surface area (Å²) in [7, 11) is 8.27. The smallest absolute Gasteiger partial charge is 0.199 e. The molecule has 0 aromatic heterocycles. The van der Waals surface area contributed by atoms with E-state index in [2.05, 4.69) is 107 Å². The molecule has 0 radical (unpaired) electrons. The molecule has 1 aromatic carbocycles. The lowest BCUT2D eigenvalue weighted by Gasteiger charge is -2.15. The Labute approximate surface area is 196 Å². The van der Waals surface area contributed by atoms with E-state index in [4.69, 9.17) is 0 Å². The molecule has 0 spiro atoms. The van der Waals surface area contributed by atoms with E-state index in [1.165, 1.54) is 39.3 Å². The van der Waals surface area contributed by atoms with Gasteiger partial charge < -0.3 is 4.90 Å². The van der Waals surface area contributed by atoms with Gasteiger partial charge in [-0.15, -0.1) is 0 Å². The van der Waals surface area contributed by atoms with E-state index in [1.807, 2.05) is 27.7 Å². The second kappa shape index (κ2) is 18.4. The van der Waals surface area contributed by atoms with E-state index in [9.17, 15) is 0 Å². The fraction of sp³-hybridized carbons (Fsp3) is 0.483. The SMILES string of the molecule is C.C.C.CC.CC.CC(=C1C=CC(=[N+](C)C)C=C1)/C(C)=C(/C)c1ccc(N(C)C)cc1. The predicted molar refractivity (Wildman–Crippen MR) is 150 cm³/mol. The Kier molecular flexibility index (Phi) is 21.4. The molecule has 0 heterocycles. The standard InChI is InChI=1S/C22H29N2.2C2H6.3CH4/c1-16(17(2)19-8-12-21(13-9-19)23(4)5)18(3)20-10-14-22(15-11-20)24(6)7;2*1-2;;;/h8-15H,1-7H3;2*1-2H3;3*1H4/q+1;;;;;. The summed E-state index contributed by atoms with van der Waals surface area (Å²) in [5.74, 6) is 0. The highest BCUT2D eigenvalue weighted by Gasteiger charge is 2.09. The van der Waals surface area contributed by atoms with Gasteiger partial charge in [0.25, 0.3) is 0 Å². The lowest BCUT2D eigenvalue weighted by atomic mass is 9.93. The van der Waals surface area contributed by atoms with Crippen molar-refractivity contribution in [2.45, 2.75) is 70.7 Å². The molecule has 31 heavy (non-hydrogen) atoms. The van der Waals surface area contributed by atoms with Gasteiger partial charge in [-0.25, -0.2) is 4.58 Å². The monoisotopic (exact) mass is 429 g/mol. The van der Waals surface area contributed by atoms with Gasteiger partial charge in [-0.3, -0.25) is 0 Å². The van der Waals surface area contributed by atoms with Crippen LogP contribution in [0.1, 0.15) is 76.3 Å². The fourth-order valence-electron chi connectivity index (χ4n) is 2.73. The summed E-state index contributed by atoms with van der Waals surface area (Å²) in [5, 5.41) is 0. The van der Waals surface area contributed by atoms with Crippen LogP contribution in [0.2, 0.25) is 0 Å². The maximum absolute atomic E-state index is 2.21. The first kappa shape index (κ1) is 36.0. The molecule has 2 nitrogen and oxygen atoms in total. The molecule has 178 valence electrons. The molecular formula is C29H53N2+. The van der Waals surface area contributed by atoms with Gasteiger partial charge in [0.15, 0.2) is 5.71 Å². The van der Waals surface area contributed by atoms with E-state index in [-0.39, 0.29) is 22.3 Å². The molecule has 0 N–H and O–H groups in total. The molecule has 0 aliphatic heterocycles. The summed E-state index contributed by atoms with van der Waals surface area (Å²) in [6, 6.07) is 8.76. The summed E-state index contributed by atoms with van der Waals surface area (Å²) in [6.45, 7) is 14.6. The number of anilines is 1. The third kappa shape index (κ3) is 10.5. The topological polar surface area (TPSA) is 6.25 Å². The lowest BCUT2D eigenvalue weighted by Crippen LogP contribution is -2.10. The normalized spacial score (nSPS) is 11.7. The van der Waals surface area contributed by atoms with Crippen LogP contribution in [0.5, 0.6) is 0 Å². The van der Waals surface area contributed by atoms with Crippen molar-refractivity contribution in [3.8, 4) is 0 Å². The van der Waals surface area contributed by atoms with Crippen LogP contribution in [0.3, 0.4) is 0 Å². The van der Waals surface area contributed by atoms with Gasteiger partial charge in [0.2, 0.25) is 0 Å². The number of hydrogen-bond donors (Lipinski definition) is 0. The zero-order chi connectivity index (χ0) is 21.9. The molecule has 0 atom stereocenters. The van der Waals surface area contributed by atoms with Crippen molar-refractivity contribution < 1.29 is 4.58 Å². The summed E-state index contributed by atoms with van der Waals surface area (Å²) in [4.78, 5) is 2.12. The van der Waals surface area contributed by atoms with Gasteiger partial charge in [-0.2, -0.15) is 0 Å². The fourth-order valence-corrected chi connectivity index (χ4v) is 2.73. The Morgan fingerprint density at radius 1 is 0.710 bits per heavy atom. The van der Waals surface area contributed by atoms with Crippen molar-refractivity contribution in [1.82, 2.24) is 0 Å². The van der Waals surface area contributed by atoms with Gasteiger partial charge in [0.1, 0.15) is 14.1 Å². The Hall–Kier alpha value is -2.35. The zero-order valence-electron chi connectivity index (χ0n) is 20.0. The molecule has 0 fully saturated rings. The number of nitrogens with zero attached hydrogens (tertiary/aromatic N) is 2. The molecular weight excluding hydrogens is 376 g/mol. The second-order valence-corrected chi connectivity index (χ2v) is 6.76. The van der Waals surface area contributed by atoms with Crippen molar-refractivity contribution in [1.29, 1.82) is 0 Å². The van der Waals surface area contributed by atoms with Crippen molar-refractivity contribution in [2.75, 3.05) is 33.1 Å². The van der Waals surface area contributed by atoms with Crippen LogP contribution in [-0.2, 0) is 0 Å². The van der Waals surface area contributed by atoms with E-state index in [1.54, 1.807) is 0 Å². The highest BCUT2D eigenvalue weighted by Crippen LogP contribution is 2.27. The van der Waals surface area contributed by atoms with E-state index in [0.717, 1.165) is 0 Å². The quantitative estimate of drug-likeness (QED) is 0.436. The summed E-state index contributed by atoms with van der Waals surface area (Å²) >= 11 is 0. The van der Waals surface area contributed by atoms with Gasteiger partial charge in [-0.05, 0) is 72.9 Å². The van der Waals surface area contributed by atoms with Crippen LogP contribution in [0.25, 0.3) is 5.57 Å². The van der Waals surface area contributed by atoms with Crippen LogP contribution in [0.15, 0.2) is 65.3 Å². The molecule has 2 heteroatoms. The van der Waals surface area contributed by atoms with Crippen LogP contribution in [-0.4, -0.2) is 38.5 Å². The van der Waals surface area contributed by atoms with E-state index >= 15 is 0 Å². The summed E-state index contributed by atoms with van der Waals surface area (Å²) in [5.41, 5.74) is 9.01. The molecule has 1 aromatic rings. The summed E-state index contributed by atoms with van der Waals surface area (Å²) in [6.07, 6.45) is 8.76. The van der Waals surface area contributed by atoms with E-state index in [0.29, 0.717) is 0 Å². The molecule has 0 unspecified atom stereocenters. The molecule has 1 aliphatic carbocycles. The van der Waals surface area contributed by atoms with Crippen LogP contribution < -0.4 is 4.90 Å². The first-order valence-electron chi connectivity index (χ1n) is 10.4. The van der Waals surface area contributed by atoms with Crippen LogP contribution in [0, 0.1) is 0 Å². The molecule has 0 saturated carbocycles. The third-order valence-electron chi connectivity index (χ3n) is 4.76. The number of hydrogen-bond acceptors (Lipinski definition) is 1. The Morgan fingerprint density at radius 3 is 1.48 bits per heavy atom. The average Bonchev–Trinajstić information content (AvgIpc) is 2.75. The predicted octanol–water partition coefficient (Wildman–Crippen LogP) is 8.66. The van der Waals surface area contributed by atoms with Gasteiger partial charge in [0, 0.05) is 31.9 Å². The second-order valence-electron chi connectivity index (χ2n) is 6.76. The Balaban J connectivity index is -0.000000491. The van der Waals surface area contributed by atoms with Crippen LogP contribution >= 0.6 is 0 Å². The number of rotatable bonds is 3. The minimum atomic E-state index is 0. The Bertz CT molecular complexity index is 745. The molecule has 0 bridgehead atoms. The maximum Gasteiger partial charge on any atom is 0.199 e. The number of allylic oxidation sites excluding steroid dienone is 8. The van der Waals surface area contributed by atoms with Crippen LogP contribution in [0.4, 0.5) is 5.69 Å². The third-order valence-corrected chi connectivity index (χ3v) is 4.76. The Morgan fingerprint density at radius 2 is 1.13 bits per heavy atom. The first-order chi connectivity index (χ1) is 13.3. The minimum Gasteiger partial charge on any atom is -0.378 e. The van der Waals surface area contributed by atoms with Crippen molar-refractivity contribution in [3.05, 3.63) is 70.9 Å². The van der Waals surface area contributed by atoms with Crippen molar-refractivity contribution in [2.24, 2.45) is 0 Å². The van der Waals surface area contributed by atoms with Crippen molar-refractivity contribution in [3.63, 3.8) is 0 Å².